The minimum absolute atomic E-state index is 0.0808. The first-order valence-corrected chi connectivity index (χ1v) is 8.04. The predicted octanol–water partition coefficient (Wildman–Crippen LogP) is 3.53. The van der Waals surface area contributed by atoms with Crippen molar-refractivity contribution < 1.29 is 9.59 Å². The Hall–Kier alpha value is -3.21. The average Bonchev–Trinajstić information content (AvgIpc) is 2.62. The van der Waals surface area contributed by atoms with Gasteiger partial charge in [-0.3, -0.25) is 9.59 Å². The van der Waals surface area contributed by atoms with Crippen LogP contribution in [0.5, 0.6) is 0 Å². The third kappa shape index (κ3) is 6.83. The van der Waals surface area contributed by atoms with Crippen LogP contribution in [-0.4, -0.2) is 18.0 Å². The van der Waals surface area contributed by atoms with Crippen molar-refractivity contribution in [1.29, 1.82) is 0 Å². The summed E-state index contributed by atoms with van der Waals surface area (Å²) >= 11 is 0. The Morgan fingerprint density at radius 1 is 0.960 bits per heavy atom. The second-order valence-corrected chi connectivity index (χ2v) is 5.45. The number of carbonyl (C=O) groups excluding carboxylic acids is 2. The topological polar surface area (TPSA) is 70.6 Å². The molecule has 0 fully saturated rings. The van der Waals surface area contributed by atoms with E-state index in [2.05, 4.69) is 15.8 Å². The van der Waals surface area contributed by atoms with Gasteiger partial charge in [0.25, 0.3) is 0 Å². The molecule has 2 aromatic rings. The van der Waals surface area contributed by atoms with Crippen LogP contribution in [0.3, 0.4) is 0 Å². The van der Waals surface area contributed by atoms with Crippen LogP contribution < -0.4 is 10.7 Å². The highest BCUT2D eigenvalue weighted by atomic mass is 16.2. The molecular formula is C20H21N3O2. The molecule has 0 radical (unpaired) electrons. The number of aryl methyl sites for hydroxylation is 1. The number of carbonyl (C=O) groups is 2. The molecule has 0 spiro atoms. The molecule has 0 bridgehead atoms. The zero-order valence-corrected chi connectivity index (χ0v) is 14.1. The zero-order chi connectivity index (χ0) is 17.9. The van der Waals surface area contributed by atoms with E-state index < -0.39 is 0 Å². The lowest BCUT2D eigenvalue weighted by molar-refractivity contribution is -0.124. The van der Waals surface area contributed by atoms with Crippen LogP contribution in [0.1, 0.15) is 24.0 Å². The highest BCUT2D eigenvalue weighted by Gasteiger charge is 2.07. The minimum Gasteiger partial charge on any atom is -0.326 e. The first-order valence-electron chi connectivity index (χ1n) is 8.04. The summed E-state index contributed by atoms with van der Waals surface area (Å²) in [4.78, 5) is 23.5. The first-order chi connectivity index (χ1) is 12.1. The number of para-hydroxylation sites is 1. The molecule has 2 amide bonds. The van der Waals surface area contributed by atoms with E-state index in [1.54, 1.807) is 6.08 Å². The molecule has 5 nitrogen and oxygen atoms in total. The van der Waals surface area contributed by atoms with Crippen molar-refractivity contribution in [3.05, 3.63) is 71.8 Å². The van der Waals surface area contributed by atoms with E-state index in [4.69, 9.17) is 0 Å². The summed E-state index contributed by atoms with van der Waals surface area (Å²) in [5.41, 5.74) is 5.19. The average molecular weight is 335 g/mol. The molecule has 0 saturated heterocycles. The number of amides is 2. The van der Waals surface area contributed by atoms with Gasteiger partial charge in [0.1, 0.15) is 0 Å². The lowest BCUT2D eigenvalue weighted by Crippen LogP contribution is -2.20. The van der Waals surface area contributed by atoms with E-state index in [0.29, 0.717) is 0 Å². The molecule has 5 heteroatoms. The van der Waals surface area contributed by atoms with Crippen molar-refractivity contribution in [2.45, 2.75) is 19.8 Å². The second-order valence-electron chi connectivity index (χ2n) is 5.45. The van der Waals surface area contributed by atoms with E-state index in [1.807, 2.05) is 67.6 Å². The number of anilines is 1. The molecular weight excluding hydrogens is 314 g/mol. The highest BCUT2D eigenvalue weighted by Crippen LogP contribution is 2.13. The summed E-state index contributed by atoms with van der Waals surface area (Å²) in [5, 5.41) is 6.61. The van der Waals surface area contributed by atoms with Gasteiger partial charge in [-0.25, -0.2) is 5.43 Å². The van der Waals surface area contributed by atoms with Crippen LogP contribution >= 0.6 is 0 Å². The van der Waals surface area contributed by atoms with Crippen molar-refractivity contribution in [3.8, 4) is 0 Å². The van der Waals surface area contributed by atoms with Gasteiger partial charge in [0.15, 0.2) is 0 Å². The Morgan fingerprint density at radius 3 is 2.40 bits per heavy atom. The molecule has 0 aliphatic heterocycles. The van der Waals surface area contributed by atoms with Crippen LogP contribution in [0.25, 0.3) is 6.08 Å². The van der Waals surface area contributed by atoms with Crippen LogP contribution in [0.4, 0.5) is 5.69 Å². The van der Waals surface area contributed by atoms with Gasteiger partial charge in [0.05, 0.1) is 0 Å². The highest BCUT2D eigenvalue weighted by molar-refractivity contribution is 5.93. The number of benzene rings is 2. The summed E-state index contributed by atoms with van der Waals surface area (Å²) < 4.78 is 0. The first kappa shape index (κ1) is 18.1. The molecule has 2 rings (SSSR count). The monoisotopic (exact) mass is 335 g/mol. The number of nitrogens with one attached hydrogen (secondary N) is 2. The van der Waals surface area contributed by atoms with Crippen LogP contribution in [-0.2, 0) is 9.59 Å². The quantitative estimate of drug-likeness (QED) is 0.600. The Labute approximate surface area is 147 Å². The molecule has 2 N–H and O–H groups in total. The van der Waals surface area contributed by atoms with Gasteiger partial charge >= 0.3 is 0 Å². The lowest BCUT2D eigenvalue weighted by Gasteiger charge is -2.07. The van der Waals surface area contributed by atoms with Gasteiger partial charge in [-0.15, -0.1) is 0 Å². The predicted molar refractivity (Wildman–Crippen MR) is 101 cm³/mol. The number of hydrogen-bond donors (Lipinski definition) is 2. The fraction of sp³-hybridized carbons (Fsp3) is 0.150. The molecule has 0 atom stereocenters. The molecule has 128 valence electrons. The molecule has 0 unspecified atom stereocenters. The van der Waals surface area contributed by atoms with Crippen molar-refractivity contribution in [2.75, 3.05) is 5.32 Å². The Morgan fingerprint density at radius 2 is 1.64 bits per heavy atom. The van der Waals surface area contributed by atoms with Crippen LogP contribution in [0, 0.1) is 6.92 Å². The largest absolute Gasteiger partial charge is 0.326 e. The van der Waals surface area contributed by atoms with E-state index in [0.717, 1.165) is 16.8 Å². The van der Waals surface area contributed by atoms with Gasteiger partial charge in [-0.2, -0.15) is 5.10 Å². The van der Waals surface area contributed by atoms with Gasteiger partial charge in [0, 0.05) is 24.7 Å². The minimum atomic E-state index is -0.302. The smallest absolute Gasteiger partial charge is 0.240 e. The number of hydrazone groups is 1. The third-order valence-electron chi connectivity index (χ3n) is 3.44. The summed E-state index contributed by atoms with van der Waals surface area (Å²) in [5.74, 6) is -0.498. The number of nitrogens with zero attached hydrogens (tertiary/aromatic N) is 1. The Kier molecular flexibility index (Phi) is 7.13. The maximum atomic E-state index is 11.9. The SMILES string of the molecule is Cc1ccccc1NC(=O)CCC(=O)NN=CC=Cc1ccccc1. The van der Waals surface area contributed by atoms with Crippen molar-refractivity contribution in [1.82, 2.24) is 5.43 Å². The number of hydrogen-bond acceptors (Lipinski definition) is 3. The molecule has 25 heavy (non-hydrogen) atoms. The second kappa shape index (κ2) is 9.82. The standard InChI is InChI=1S/C20H21N3O2/c1-16-8-5-6-12-18(16)22-19(24)13-14-20(25)23-21-15-7-11-17-9-3-2-4-10-17/h2-12,15H,13-14H2,1H3,(H,22,24)(H,23,25). The van der Waals surface area contributed by atoms with Crippen molar-refractivity contribution in [2.24, 2.45) is 5.10 Å². The molecule has 0 saturated carbocycles. The van der Waals surface area contributed by atoms with Crippen molar-refractivity contribution in [3.63, 3.8) is 0 Å². The summed E-state index contributed by atoms with van der Waals surface area (Å²) in [6.45, 7) is 1.92. The number of rotatable bonds is 7. The van der Waals surface area contributed by atoms with E-state index >= 15 is 0 Å². The molecule has 0 aromatic heterocycles. The lowest BCUT2D eigenvalue weighted by atomic mass is 10.2. The zero-order valence-electron chi connectivity index (χ0n) is 14.1. The van der Waals surface area contributed by atoms with Gasteiger partial charge in [-0.05, 0) is 30.2 Å². The Balaban J connectivity index is 1.68. The molecule has 0 aliphatic carbocycles. The van der Waals surface area contributed by atoms with Gasteiger partial charge in [-0.1, -0.05) is 54.6 Å². The van der Waals surface area contributed by atoms with Gasteiger partial charge < -0.3 is 5.32 Å². The third-order valence-corrected chi connectivity index (χ3v) is 3.44. The van der Waals surface area contributed by atoms with Crippen molar-refractivity contribution >= 4 is 29.8 Å². The van der Waals surface area contributed by atoms with Crippen LogP contribution in [0.15, 0.2) is 65.8 Å². The molecule has 0 heterocycles. The maximum Gasteiger partial charge on any atom is 0.240 e. The maximum absolute atomic E-state index is 11.9. The summed E-state index contributed by atoms with van der Waals surface area (Å²) in [6.07, 6.45) is 5.30. The fourth-order valence-corrected chi connectivity index (χ4v) is 2.08. The van der Waals surface area contributed by atoms with E-state index in [1.165, 1.54) is 6.21 Å². The Bertz CT molecular complexity index is 768. The van der Waals surface area contributed by atoms with E-state index in [9.17, 15) is 9.59 Å². The summed E-state index contributed by atoms with van der Waals surface area (Å²) in [7, 11) is 0. The molecule has 2 aromatic carbocycles. The van der Waals surface area contributed by atoms with Crippen LogP contribution in [0.2, 0.25) is 0 Å². The fourth-order valence-electron chi connectivity index (χ4n) is 2.08. The normalized spacial score (nSPS) is 10.9. The van der Waals surface area contributed by atoms with E-state index in [-0.39, 0.29) is 24.7 Å². The number of allylic oxidation sites excluding steroid dienone is 1. The van der Waals surface area contributed by atoms with Gasteiger partial charge in [0.2, 0.25) is 11.8 Å². The molecule has 0 aliphatic rings. The summed E-state index contributed by atoms with van der Waals surface area (Å²) in [6, 6.07) is 17.3.